The summed E-state index contributed by atoms with van der Waals surface area (Å²) in [5.41, 5.74) is 1.06. The minimum atomic E-state index is -3.56. The second-order valence-corrected chi connectivity index (χ2v) is 10.0. The van der Waals surface area contributed by atoms with Gasteiger partial charge >= 0.3 is 0 Å². The summed E-state index contributed by atoms with van der Waals surface area (Å²) in [6.45, 7) is 1.86. The topological polar surface area (TPSA) is 81.5 Å². The number of benzene rings is 2. The van der Waals surface area contributed by atoms with E-state index in [2.05, 4.69) is 4.98 Å². The van der Waals surface area contributed by atoms with E-state index in [4.69, 9.17) is 4.74 Å². The lowest BCUT2D eigenvalue weighted by molar-refractivity contribution is 0.251. The Balaban J connectivity index is 1.28. The third-order valence-corrected chi connectivity index (χ3v) is 8.01. The first kappa shape index (κ1) is 20.1. The summed E-state index contributed by atoms with van der Waals surface area (Å²) in [6, 6.07) is 9.00. The van der Waals surface area contributed by atoms with E-state index in [9.17, 15) is 17.6 Å². The first-order valence-corrected chi connectivity index (χ1v) is 11.8. The van der Waals surface area contributed by atoms with Crippen LogP contribution < -0.4 is 10.3 Å². The normalized spacial score (nSPS) is 17.6. The maximum absolute atomic E-state index is 13.4. The van der Waals surface area contributed by atoms with Crippen LogP contribution in [0.3, 0.4) is 0 Å². The predicted molar refractivity (Wildman–Crippen MR) is 113 cm³/mol. The smallest absolute Gasteiger partial charge is 0.261 e. The third-order valence-electron chi connectivity index (χ3n) is 6.11. The third kappa shape index (κ3) is 3.72. The van der Waals surface area contributed by atoms with Crippen molar-refractivity contribution in [1.82, 2.24) is 13.9 Å². The number of aromatic nitrogens is 2. The number of sulfonamides is 1. The van der Waals surface area contributed by atoms with Crippen LogP contribution in [0.1, 0.15) is 18.4 Å². The van der Waals surface area contributed by atoms with Crippen molar-refractivity contribution in [3.8, 4) is 5.75 Å². The summed E-state index contributed by atoms with van der Waals surface area (Å²) < 4.78 is 48.0. The minimum absolute atomic E-state index is 0.164. The first-order valence-electron chi connectivity index (χ1n) is 10.3. The Morgan fingerprint density at radius 2 is 1.94 bits per heavy atom. The predicted octanol–water partition coefficient (Wildman–Crippen LogP) is 2.57. The van der Waals surface area contributed by atoms with Crippen molar-refractivity contribution in [3.05, 3.63) is 64.5 Å². The van der Waals surface area contributed by atoms with E-state index >= 15 is 0 Å². The molecule has 3 aromatic rings. The molecule has 2 aromatic carbocycles. The highest BCUT2D eigenvalue weighted by Gasteiger charge is 2.30. The van der Waals surface area contributed by atoms with E-state index in [1.807, 2.05) is 0 Å². The molecule has 0 amide bonds. The van der Waals surface area contributed by atoms with Crippen LogP contribution in [-0.4, -0.2) is 42.0 Å². The van der Waals surface area contributed by atoms with Gasteiger partial charge in [0.15, 0.2) is 0 Å². The molecule has 0 bridgehead atoms. The van der Waals surface area contributed by atoms with E-state index in [0.29, 0.717) is 54.9 Å². The minimum Gasteiger partial charge on any atom is -0.493 e. The largest absolute Gasteiger partial charge is 0.493 e. The van der Waals surface area contributed by atoms with Crippen molar-refractivity contribution in [2.24, 2.45) is 5.92 Å². The van der Waals surface area contributed by atoms with Crippen molar-refractivity contribution < 1.29 is 17.5 Å². The highest BCUT2D eigenvalue weighted by atomic mass is 32.2. The molecule has 0 saturated carbocycles. The fourth-order valence-electron chi connectivity index (χ4n) is 4.34. The number of rotatable bonds is 4. The second kappa shape index (κ2) is 7.72. The average molecular weight is 444 g/mol. The fraction of sp³-hybridized carbons (Fsp3) is 0.364. The number of fused-ring (bicyclic) bond motifs is 2. The molecule has 0 atom stereocenters. The number of piperidine rings is 1. The van der Waals surface area contributed by atoms with Gasteiger partial charge in [-0.25, -0.2) is 17.8 Å². The molecule has 1 fully saturated rings. The lowest BCUT2D eigenvalue weighted by atomic mass is 9.98. The molecule has 5 rings (SSSR count). The van der Waals surface area contributed by atoms with Crippen LogP contribution in [0.4, 0.5) is 4.39 Å². The Hall–Kier alpha value is -2.78. The van der Waals surface area contributed by atoms with Crippen LogP contribution in [0.25, 0.3) is 10.9 Å². The van der Waals surface area contributed by atoms with Gasteiger partial charge in [-0.2, -0.15) is 4.31 Å². The monoisotopic (exact) mass is 443 g/mol. The number of hydrogen-bond donors (Lipinski definition) is 0. The molecule has 0 radical (unpaired) electrons. The van der Waals surface area contributed by atoms with Crippen LogP contribution in [0.2, 0.25) is 0 Å². The molecule has 7 nitrogen and oxygen atoms in total. The number of hydrogen-bond acceptors (Lipinski definition) is 5. The molecule has 0 N–H and O–H groups in total. The molecule has 3 heterocycles. The Morgan fingerprint density at radius 1 is 1.13 bits per heavy atom. The van der Waals surface area contributed by atoms with Gasteiger partial charge in [-0.1, -0.05) is 0 Å². The molecule has 2 aliphatic heterocycles. The van der Waals surface area contributed by atoms with E-state index in [1.54, 1.807) is 18.2 Å². The van der Waals surface area contributed by atoms with Gasteiger partial charge in [0, 0.05) is 32.1 Å². The zero-order valence-electron chi connectivity index (χ0n) is 16.8. The van der Waals surface area contributed by atoms with Crippen molar-refractivity contribution in [1.29, 1.82) is 0 Å². The van der Waals surface area contributed by atoms with E-state index < -0.39 is 15.8 Å². The molecule has 9 heteroatoms. The lowest BCUT2D eigenvalue weighted by Crippen LogP contribution is -2.40. The van der Waals surface area contributed by atoms with Crippen molar-refractivity contribution in [2.45, 2.75) is 30.7 Å². The van der Waals surface area contributed by atoms with Crippen LogP contribution >= 0.6 is 0 Å². The van der Waals surface area contributed by atoms with Gasteiger partial charge in [0.05, 0.1) is 28.7 Å². The number of ether oxygens (including phenoxy) is 1. The highest BCUT2D eigenvalue weighted by Crippen LogP contribution is 2.30. The summed E-state index contributed by atoms with van der Waals surface area (Å²) in [5, 5.41) is 0.379. The number of halogens is 1. The SMILES string of the molecule is O=c1c2ccc(F)cc2ncn1CC1CCN(S(=O)(=O)c2ccc3c(c2)CCO3)CC1. The van der Waals surface area contributed by atoms with E-state index in [-0.39, 0.29) is 11.5 Å². The van der Waals surface area contributed by atoms with Crippen LogP contribution in [0.15, 0.2) is 52.4 Å². The zero-order valence-corrected chi connectivity index (χ0v) is 17.6. The first-order chi connectivity index (χ1) is 14.9. The van der Waals surface area contributed by atoms with Crippen molar-refractivity contribution in [2.75, 3.05) is 19.7 Å². The van der Waals surface area contributed by atoms with Gasteiger partial charge in [0.1, 0.15) is 11.6 Å². The summed E-state index contributed by atoms with van der Waals surface area (Å²) >= 11 is 0. The molecule has 31 heavy (non-hydrogen) atoms. The molecule has 0 unspecified atom stereocenters. The van der Waals surface area contributed by atoms with E-state index in [0.717, 1.165) is 17.7 Å². The van der Waals surface area contributed by atoms with Gasteiger partial charge < -0.3 is 4.74 Å². The fourth-order valence-corrected chi connectivity index (χ4v) is 5.87. The summed E-state index contributed by atoms with van der Waals surface area (Å²) in [6.07, 6.45) is 3.48. The molecular formula is C22H22FN3O4S. The maximum atomic E-state index is 13.4. The summed E-state index contributed by atoms with van der Waals surface area (Å²) in [7, 11) is -3.56. The molecule has 0 aliphatic carbocycles. The van der Waals surface area contributed by atoms with Gasteiger partial charge in [-0.05, 0) is 54.7 Å². The maximum Gasteiger partial charge on any atom is 0.261 e. The molecular weight excluding hydrogens is 421 g/mol. The molecule has 0 spiro atoms. The highest BCUT2D eigenvalue weighted by molar-refractivity contribution is 7.89. The zero-order chi connectivity index (χ0) is 21.6. The summed E-state index contributed by atoms with van der Waals surface area (Å²) in [4.78, 5) is 17.2. The van der Waals surface area contributed by atoms with Crippen LogP contribution in [-0.2, 0) is 23.0 Å². The Morgan fingerprint density at radius 3 is 2.74 bits per heavy atom. The van der Waals surface area contributed by atoms with Crippen molar-refractivity contribution >= 4 is 20.9 Å². The van der Waals surface area contributed by atoms with Crippen molar-refractivity contribution in [3.63, 3.8) is 0 Å². The van der Waals surface area contributed by atoms with Gasteiger partial charge in [-0.3, -0.25) is 9.36 Å². The standard InChI is InChI=1S/C22H22FN3O4S/c23-17-1-3-19-20(12-17)24-14-25(22(19)27)13-15-5-8-26(9-6-15)31(28,29)18-2-4-21-16(11-18)7-10-30-21/h1-4,11-12,14-15H,5-10,13H2. The molecule has 2 aliphatic rings. The Bertz CT molecular complexity index is 1310. The Labute approximate surface area is 179 Å². The lowest BCUT2D eigenvalue weighted by Gasteiger charge is -2.31. The molecule has 1 aromatic heterocycles. The van der Waals surface area contributed by atoms with Crippen LogP contribution in [0, 0.1) is 11.7 Å². The van der Waals surface area contributed by atoms with Gasteiger partial charge in [0.25, 0.3) is 5.56 Å². The Kier molecular flexibility index (Phi) is 5.02. The summed E-state index contributed by atoms with van der Waals surface area (Å²) in [5.74, 6) is 0.494. The van der Waals surface area contributed by atoms with Gasteiger partial charge in [0.2, 0.25) is 10.0 Å². The number of nitrogens with zero attached hydrogens (tertiary/aromatic N) is 3. The average Bonchev–Trinajstić information content (AvgIpc) is 3.24. The second-order valence-electron chi connectivity index (χ2n) is 8.08. The molecule has 162 valence electrons. The van der Waals surface area contributed by atoms with Crippen LogP contribution in [0.5, 0.6) is 5.75 Å². The molecule has 1 saturated heterocycles. The van der Waals surface area contributed by atoms with Gasteiger partial charge in [-0.15, -0.1) is 0 Å². The quantitative estimate of drug-likeness (QED) is 0.619. The van der Waals surface area contributed by atoms with E-state index in [1.165, 1.54) is 33.4 Å².